The van der Waals surface area contributed by atoms with Gasteiger partial charge in [-0.2, -0.15) is 0 Å². The number of hydrogen-bond donors (Lipinski definition) is 1. The van der Waals surface area contributed by atoms with Crippen LogP contribution in [0.25, 0.3) is 0 Å². The van der Waals surface area contributed by atoms with Gasteiger partial charge >= 0.3 is 5.97 Å². The van der Waals surface area contributed by atoms with E-state index in [1.54, 1.807) is 9.47 Å². The summed E-state index contributed by atoms with van der Waals surface area (Å²) in [5.74, 6) is -1.23. The monoisotopic (exact) mass is 327 g/mol. The van der Waals surface area contributed by atoms with Crippen molar-refractivity contribution in [2.24, 2.45) is 0 Å². The van der Waals surface area contributed by atoms with Crippen LogP contribution in [0.3, 0.4) is 0 Å². The van der Waals surface area contributed by atoms with Crippen molar-refractivity contribution >= 4 is 11.9 Å². The van der Waals surface area contributed by atoms with Crippen LogP contribution in [0.15, 0.2) is 35.4 Å². The van der Waals surface area contributed by atoms with Crippen LogP contribution in [0.1, 0.15) is 38.9 Å². The zero-order chi connectivity index (χ0) is 17.3. The average Bonchev–Trinajstić information content (AvgIpc) is 2.61. The fourth-order valence-electron chi connectivity index (χ4n) is 2.80. The van der Waals surface area contributed by atoms with Crippen LogP contribution in [-0.2, 0) is 19.5 Å². The van der Waals surface area contributed by atoms with Crippen molar-refractivity contribution in [2.75, 3.05) is 6.54 Å². The molecule has 7 heteroatoms. The molecule has 0 radical (unpaired) electrons. The average molecular weight is 327 g/mol. The number of amides is 1. The molecule has 7 nitrogen and oxygen atoms in total. The Morgan fingerprint density at radius 3 is 2.50 bits per heavy atom. The summed E-state index contributed by atoms with van der Waals surface area (Å²) in [6, 6.07) is 5.82. The number of carboxylic acids is 1. The number of aromatic carboxylic acids is 1. The first kappa shape index (κ1) is 15.9. The van der Waals surface area contributed by atoms with Crippen molar-refractivity contribution in [1.82, 2.24) is 14.5 Å². The number of carbonyl (C=O) groups is 2. The molecule has 0 unspecified atom stereocenters. The minimum atomic E-state index is -1.03. The number of fused-ring (bicyclic) bond motifs is 1. The van der Waals surface area contributed by atoms with Gasteiger partial charge in [0.2, 0.25) is 0 Å². The van der Waals surface area contributed by atoms with Gasteiger partial charge in [-0.25, -0.2) is 9.78 Å². The van der Waals surface area contributed by atoms with Gasteiger partial charge in [0.05, 0.1) is 24.1 Å². The van der Waals surface area contributed by atoms with Gasteiger partial charge in [-0.3, -0.25) is 14.2 Å². The summed E-state index contributed by atoms with van der Waals surface area (Å²) < 4.78 is 1.56. The minimum Gasteiger partial charge on any atom is -0.478 e. The van der Waals surface area contributed by atoms with Crippen LogP contribution in [0.2, 0.25) is 0 Å². The van der Waals surface area contributed by atoms with E-state index in [9.17, 15) is 14.4 Å². The van der Waals surface area contributed by atoms with Gasteiger partial charge in [0.15, 0.2) is 0 Å². The van der Waals surface area contributed by atoms with Gasteiger partial charge < -0.3 is 10.0 Å². The van der Waals surface area contributed by atoms with Crippen LogP contribution in [0.4, 0.5) is 0 Å². The van der Waals surface area contributed by atoms with Gasteiger partial charge in [0.25, 0.3) is 11.5 Å². The lowest BCUT2D eigenvalue weighted by Crippen LogP contribution is -2.40. The van der Waals surface area contributed by atoms with Crippen LogP contribution in [-0.4, -0.2) is 38.0 Å². The molecule has 2 aromatic rings. The molecule has 0 saturated carbocycles. The largest absolute Gasteiger partial charge is 0.478 e. The fourth-order valence-corrected chi connectivity index (χ4v) is 2.80. The van der Waals surface area contributed by atoms with Crippen LogP contribution < -0.4 is 5.56 Å². The number of hydrogen-bond acceptors (Lipinski definition) is 4. The highest BCUT2D eigenvalue weighted by Crippen LogP contribution is 2.17. The van der Waals surface area contributed by atoms with E-state index in [-0.39, 0.29) is 23.6 Å². The van der Waals surface area contributed by atoms with Gasteiger partial charge in [-0.05, 0) is 37.6 Å². The molecule has 24 heavy (non-hydrogen) atoms. The number of benzene rings is 1. The third-order valence-electron chi connectivity index (χ3n) is 4.20. The summed E-state index contributed by atoms with van der Waals surface area (Å²) in [4.78, 5) is 41.6. The highest BCUT2D eigenvalue weighted by atomic mass is 16.4. The van der Waals surface area contributed by atoms with E-state index < -0.39 is 5.97 Å². The smallest absolute Gasteiger partial charge is 0.335 e. The van der Waals surface area contributed by atoms with E-state index in [0.717, 1.165) is 0 Å². The summed E-state index contributed by atoms with van der Waals surface area (Å²) in [6.07, 6.45) is 1.98. The summed E-state index contributed by atoms with van der Waals surface area (Å²) in [5.41, 5.74) is 1.82. The highest BCUT2D eigenvalue weighted by Gasteiger charge is 2.25. The third-order valence-corrected chi connectivity index (χ3v) is 4.20. The van der Waals surface area contributed by atoms with E-state index in [2.05, 4.69) is 4.98 Å². The number of aromatic nitrogens is 2. The Morgan fingerprint density at radius 2 is 1.88 bits per heavy atom. The van der Waals surface area contributed by atoms with Crippen molar-refractivity contribution < 1.29 is 14.7 Å². The number of nitrogens with zero attached hydrogens (tertiary/aromatic N) is 3. The molecule has 1 aliphatic heterocycles. The van der Waals surface area contributed by atoms with Crippen molar-refractivity contribution in [3.05, 3.63) is 63.3 Å². The maximum atomic E-state index is 12.6. The van der Waals surface area contributed by atoms with E-state index in [1.807, 2.05) is 6.92 Å². The molecule has 0 atom stereocenters. The van der Waals surface area contributed by atoms with E-state index in [1.165, 1.54) is 30.6 Å². The first-order chi connectivity index (χ1) is 11.5. The summed E-state index contributed by atoms with van der Waals surface area (Å²) in [6.45, 7) is 3.18. The van der Waals surface area contributed by atoms with Crippen LogP contribution in [0, 0.1) is 0 Å². The van der Waals surface area contributed by atoms with Crippen molar-refractivity contribution in [3.63, 3.8) is 0 Å². The van der Waals surface area contributed by atoms with Gasteiger partial charge in [0, 0.05) is 24.2 Å². The Balaban J connectivity index is 1.82. The van der Waals surface area contributed by atoms with Crippen molar-refractivity contribution in [1.29, 1.82) is 0 Å². The van der Waals surface area contributed by atoms with Gasteiger partial charge in [-0.1, -0.05) is 0 Å². The molecule has 1 aromatic carbocycles. The third kappa shape index (κ3) is 2.80. The first-order valence-electron chi connectivity index (χ1n) is 7.71. The normalized spacial score (nSPS) is 13.5. The molecule has 0 bridgehead atoms. The number of aryl methyl sites for hydroxylation is 1. The predicted octanol–water partition coefficient (Wildman–Crippen LogP) is 1.16. The molecule has 1 aliphatic rings. The van der Waals surface area contributed by atoms with E-state index in [0.29, 0.717) is 36.3 Å². The molecule has 1 N–H and O–H groups in total. The fraction of sp³-hybridized carbons (Fsp3) is 0.294. The van der Waals surface area contributed by atoms with Crippen LogP contribution in [0.5, 0.6) is 0 Å². The Morgan fingerprint density at radius 1 is 1.21 bits per heavy atom. The van der Waals surface area contributed by atoms with Crippen LogP contribution >= 0.6 is 0 Å². The molecule has 3 rings (SSSR count). The number of carbonyl (C=O) groups excluding carboxylic acids is 1. The summed E-state index contributed by atoms with van der Waals surface area (Å²) in [5, 5.41) is 8.91. The number of rotatable bonds is 3. The molecule has 0 saturated heterocycles. The minimum absolute atomic E-state index is 0.0413. The Hall–Kier alpha value is -2.96. The maximum absolute atomic E-state index is 12.6. The van der Waals surface area contributed by atoms with Crippen molar-refractivity contribution in [2.45, 2.75) is 26.4 Å². The molecule has 1 amide bonds. The zero-order valence-corrected chi connectivity index (χ0v) is 13.2. The summed E-state index contributed by atoms with van der Waals surface area (Å²) >= 11 is 0. The molecular weight excluding hydrogens is 310 g/mol. The van der Waals surface area contributed by atoms with E-state index in [4.69, 9.17) is 5.11 Å². The summed E-state index contributed by atoms with van der Waals surface area (Å²) in [7, 11) is 0. The van der Waals surface area contributed by atoms with Gasteiger partial charge in [0.1, 0.15) is 0 Å². The molecular formula is C17H17N3O4. The Kier molecular flexibility index (Phi) is 4.16. The van der Waals surface area contributed by atoms with E-state index >= 15 is 0 Å². The number of carboxylic acid groups (broad SMARTS) is 1. The first-order valence-corrected chi connectivity index (χ1v) is 7.71. The molecule has 1 aromatic heterocycles. The second-order valence-corrected chi connectivity index (χ2v) is 5.62. The second kappa shape index (κ2) is 6.27. The SMILES string of the molecule is CCn1cnc2c(c1=O)CCN(C(=O)c1ccc(C(=O)O)cc1)C2. The molecule has 0 aliphatic carbocycles. The molecule has 0 fully saturated rings. The standard InChI is InChI=1S/C17H17N3O4/c1-2-19-10-18-14-9-20(8-7-13(14)16(19)22)15(21)11-3-5-12(6-4-11)17(23)24/h3-6,10H,2,7-9H2,1H3,(H,23,24). The Labute approximate surface area is 138 Å². The predicted molar refractivity (Wildman–Crippen MR) is 86.0 cm³/mol. The molecule has 124 valence electrons. The second-order valence-electron chi connectivity index (χ2n) is 5.62. The lowest BCUT2D eigenvalue weighted by Gasteiger charge is -2.28. The lowest BCUT2D eigenvalue weighted by atomic mass is 10.0. The zero-order valence-electron chi connectivity index (χ0n) is 13.2. The topological polar surface area (TPSA) is 92.5 Å². The Bertz CT molecular complexity index is 855. The molecule has 2 heterocycles. The maximum Gasteiger partial charge on any atom is 0.335 e. The molecule has 0 spiro atoms. The quantitative estimate of drug-likeness (QED) is 0.913. The highest BCUT2D eigenvalue weighted by molar-refractivity contribution is 5.96. The van der Waals surface area contributed by atoms with Crippen molar-refractivity contribution in [3.8, 4) is 0 Å². The van der Waals surface area contributed by atoms with Gasteiger partial charge in [-0.15, -0.1) is 0 Å². The lowest BCUT2D eigenvalue weighted by molar-refractivity contribution is 0.0692.